The molecule has 3 saturated carbocycles. The molecular formula is C11H19NO2. The molecule has 3 rings (SSSR count). The first kappa shape index (κ1) is 9.97. The molecule has 0 heterocycles. The monoisotopic (exact) mass is 197 g/mol. The molecule has 0 spiro atoms. The number of methoxy groups -OCH3 is 1. The summed E-state index contributed by atoms with van der Waals surface area (Å²) in [5.41, 5.74) is 5.77. The van der Waals surface area contributed by atoms with Gasteiger partial charge < -0.3 is 10.5 Å². The molecule has 3 fully saturated rings. The summed E-state index contributed by atoms with van der Waals surface area (Å²) in [4.78, 5) is 11.7. The topological polar surface area (TPSA) is 52.3 Å². The van der Waals surface area contributed by atoms with Crippen molar-refractivity contribution in [2.24, 2.45) is 23.0 Å². The van der Waals surface area contributed by atoms with Crippen LogP contribution in [-0.2, 0) is 9.53 Å². The largest absolute Gasteiger partial charge is 0.469 e. The summed E-state index contributed by atoms with van der Waals surface area (Å²) in [6, 6.07) is 0.312. The van der Waals surface area contributed by atoms with E-state index in [4.69, 9.17) is 10.5 Å². The van der Waals surface area contributed by atoms with Crippen molar-refractivity contribution in [1.29, 1.82) is 0 Å². The number of ether oxygens (including phenoxy) is 1. The van der Waals surface area contributed by atoms with Gasteiger partial charge in [0.15, 0.2) is 0 Å². The van der Waals surface area contributed by atoms with Gasteiger partial charge in [0.05, 0.1) is 12.5 Å². The Morgan fingerprint density at radius 1 is 1.50 bits per heavy atom. The summed E-state index contributed by atoms with van der Waals surface area (Å²) < 4.78 is 4.90. The van der Waals surface area contributed by atoms with E-state index in [0.717, 1.165) is 19.3 Å². The minimum absolute atomic E-state index is 0.0425. The molecule has 0 aliphatic heterocycles. The van der Waals surface area contributed by atoms with Gasteiger partial charge in [-0.05, 0) is 44.4 Å². The Labute approximate surface area is 85.0 Å². The zero-order valence-corrected chi connectivity index (χ0v) is 8.95. The van der Waals surface area contributed by atoms with Crippen LogP contribution in [0.1, 0.15) is 32.6 Å². The van der Waals surface area contributed by atoms with Gasteiger partial charge >= 0.3 is 5.97 Å². The molecule has 2 bridgehead atoms. The second kappa shape index (κ2) is 3.23. The van der Waals surface area contributed by atoms with Gasteiger partial charge in [0.1, 0.15) is 0 Å². The second-order valence-corrected chi connectivity index (χ2v) is 5.05. The normalized spacial score (nSPS) is 46.4. The molecule has 0 aromatic heterocycles. The molecule has 3 nitrogen and oxygen atoms in total. The third kappa shape index (κ3) is 1.26. The van der Waals surface area contributed by atoms with Crippen LogP contribution in [0.25, 0.3) is 0 Å². The van der Waals surface area contributed by atoms with E-state index < -0.39 is 0 Å². The van der Waals surface area contributed by atoms with Gasteiger partial charge in [-0.3, -0.25) is 4.79 Å². The molecule has 3 aliphatic rings. The van der Waals surface area contributed by atoms with Crippen molar-refractivity contribution in [3.05, 3.63) is 0 Å². The molecule has 0 aromatic rings. The van der Waals surface area contributed by atoms with Gasteiger partial charge in [0.25, 0.3) is 0 Å². The van der Waals surface area contributed by atoms with E-state index >= 15 is 0 Å². The summed E-state index contributed by atoms with van der Waals surface area (Å²) in [6.07, 6.45) is 4.25. The molecule has 80 valence electrons. The first-order chi connectivity index (χ1) is 6.58. The summed E-state index contributed by atoms with van der Waals surface area (Å²) in [7, 11) is 1.48. The number of nitrogens with two attached hydrogens (primary N) is 1. The lowest BCUT2D eigenvalue weighted by Crippen LogP contribution is -2.53. The lowest BCUT2D eigenvalue weighted by atomic mass is 9.55. The van der Waals surface area contributed by atoms with Crippen molar-refractivity contribution in [3.8, 4) is 0 Å². The van der Waals surface area contributed by atoms with Gasteiger partial charge in [0, 0.05) is 6.04 Å². The molecule has 0 amide bonds. The van der Waals surface area contributed by atoms with Crippen LogP contribution >= 0.6 is 0 Å². The summed E-state index contributed by atoms with van der Waals surface area (Å²) in [5, 5.41) is 0. The summed E-state index contributed by atoms with van der Waals surface area (Å²) in [6.45, 7) is 2.04. The average Bonchev–Trinajstić information content (AvgIpc) is 2.19. The zero-order chi connectivity index (χ0) is 10.3. The highest BCUT2D eigenvalue weighted by atomic mass is 16.5. The fourth-order valence-electron chi connectivity index (χ4n) is 3.29. The Morgan fingerprint density at radius 3 is 2.64 bits per heavy atom. The Morgan fingerprint density at radius 2 is 2.21 bits per heavy atom. The summed E-state index contributed by atoms with van der Waals surface area (Å²) in [5.74, 6) is 0.929. The van der Waals surface area contributed by atoms with Gasteiger partial charge in [0.2, 0.25) is 0 Å². The van der Waals surface area contributed by atoms with Gasteiger partial charge in [-0.25, -0.2) is 0 Å². The maximum absolute atomic E-state index is 11.7. The van der Waals surface area contributed by atoms with Crippen LogP contribution in [0.3, 0.4) is 0 Å². The summed E-state index contributed by atoms with van der Waals surface area (Å²) >= 11 is 0. The molecule has 3 heteroatoms. The number of hydrogen-bond donors (Lipinski definition) is 1. The van der Waals surface area contributed by atoms with Crippen molar-refractivity contribution in [3.63, 3.8) is 0 Å². The van der Waals surface area contributed by atoms with Gasteiger partial charge in [-0.2, -0.15) is 0 Å². The molecule has 2 N–H and O–H groups in total. The van der Waals surface area contributed by atoms with Crippen molar-refractivity contribution in [1.82, 2.24) is 0 Å². The van der Waals surface area contributed by atoms with Crippen molar-refractivity contribution >= 4 is 5.97 Å². The Balaban J connectivity index is 2.20. The van der Waals surface area contributed by atoms with E-state index in [1.807, 2.05) is 6.92 Å². The number of carbonyl (C=O) groups is 1. The van der Waals surface area contributed by atoms with Crippen LogP contribution in [-0.4, -0.2) is 19.1 Å². The maximum Gasteiger partial charge on any atom is 0.311 e. The van der Waals surface area contributed by atoms with Crippen LogP contribution in [0, 0.1) is 17.3 Å². The fraction of sp³-hybridized carbons (Fsp3) is 0.909. The predicted octanol–water partition coefficient (Wildman–Crippen LogP) is 1.31. The minimum atomic E-state index is -0.256. The molecule has 4 atom stereocenters. The molecule has 3 aliphatic carbocycles. The standard InChI is InChI=1S/C11H19NO2/c1-11(10(13)14-2)6-7-3-4-8(11)5-9(7)12/h7-9H,3-6,12H2,1-2H3. The average molecular weight is 197 g/mol. The molecular weight excluding hydrogens is 178 g/mol. The Kier molecular flexibility index (Phi) is 2.30. The van der Waals surface area contributed by atoms with E-state index in [1.165, 1.54) is 13.5 Å². The smallest absolute Gasteiger partial charge is 0.311 e. The lowest BCUT2D eigenvalue weighted by Gasteiger charge is -2.50. The Bertz CT molecular complexity index is 254. The zero-order valence-electron chi connectivity index (χ0n) is 8.95. The maximum atomic E-state index is 11.7. The fourth-order valence-corrected chi connectivity index (χ4v) is 3.29. The van der Waals surface area contributed by atoms with Gasteiger partial charge in [-0.1, -0.05) is 0 Å². The van der Waals surface area contributed by atoms with E-state index in [-0.39, 0.29) is 11.4 Å². The molecule has 0 aromatic carbocycles. The highest BCUT2D eigenvalue weighted by molar-refractivity contribution is 5.77. The third-order valence-corrected chi connectivity index (χ3v) is 4.29. The molecule has 14 heavy (non-hydrogen) atoms. The van der Waals surface area contributed by atoms with Crippen LogP contribution in [0.2, 0.25) is 0 Å². The predicted molar refractivity (Wildman–Crippen MR) is 53.5 cm³/mol. The number of rotatable bonds is 1. The van der Waals surface area contributed by atoms with Crippen LogP contribution < -0.4 is 5.73 Å². The first-order valence-corrected chi connectivity index (χ1v) is 5.42. The van der Waals surface area contributed by atoms with Crippen LogP contribution in [0.15, 0.2) is 0 Å². The Hall–Kier alpha value is -0.570. The number of hydrogen-bond acceptors (Lipinski definition) is 3. The highest BCUT2D eigenvalue weighted by Crippen LogP contribution is 2.52. The van der Waals surface area contributed by atoms with Crippen molar-refractivity contribution in [2.45, 2.75) is 38.6 Å². The molecule has 4 unspecified atom stereocenters. The van der Waals surface area contributed by atoms with E-state index in [2.05, 4.69) is 0 Å². The van der Waals surface area contributed by atoms with E-state index in [1.54, 1.807) is 0 Å². The highest BCUT2D eigenvalue weighted by Gasteiger charge is 2.52. The SMILES string of the molecule is COC(=O)C1(C)CC2CCC1CC2N. The number of carbonyl (C=O) groups excluding carboxylic acids is 1. The third-order valence-electron chi connectivity index (χ3n) is 4.29. The first-order valence-electron chi connectivity index (χ1n) is 5.42. The molecule has 0 radical (unpaired) electrons. The van der Waals surface area contributed by atoms with Crippen LogP contribution in [0.5, 0.6) is 0 Å². The van der Waals surface area contributed by atoms with Gasteiger partial charge in [-0.15, -0.1) is 0 Å². The van der Waals surface area contributed by atoms with Crippen molar-refractivity contribution in [2.75, 3.05) is 7.11 Å². The molecule has 0 saturated heterocycles. The quantitative estimate of drug-likeness (QED) is 0.645. The minimum Gasteiger partial charge on any atom is -0.469 e. The lowest BCUT2D eigenvalue weighted by molar-refractivity contribution is -0.163. The van der Waals surface area contributed by atoms with E-state index in [9.17, 15) is 4.79 Å². The number of esters is 1. The second-order valence-electron chi connectivity index (χ2n) is 5.05. The van der Waals surface area contributed by atoms with Crippen molar-refractivity contribution < 1.29 is 9.53 Å². The van der Waals surface area contributed by atoms with Crippen LogP contribution in [0.4, 0.5) is 0 Å². The number of fused-ring (bicyclic) bond motifs is 3. The van der Waals surface area contributed by atoms with E-state index in [0.29, 0.717) is 17.9 Å².